The Kier molecular flexibility index (Phi) is 11.6. The van der Waals surface area contributed by atoms with Crippen molar-refractivity contribution < 1.29 is 18.0 Å². The molecule has 0 aliphatic rings. The molecule has 3 aromatic rings. The molecule has 220 valence electrons. The smallest absolute Gasteiger partial charge is 0.243 e. The van der Waals surface area contributed by atoms with Crippen molar-refractivity contribution in [1.82, 2.24) is 10.2 Å². The zero-order valence-corrected chi connectivity index (χ0v) is 26.2. The van der Waals surface area contributed by atoms with Gasteiger partial charge >= 0.3 is 0 Å². The third kappa shape index (κ3) is 9.21. The summed E-state index contributed by atoms with van der Waals surface area (Å²) < 4.78 is 26.8. The molecule has 0 aliphatic heterocycles. The zero-order chi connectivity index (χ0) is 30.2. The fourth-order valence-corrected chi connectivity index (χ4v) is 5.99. The highest BCUT2D eigenvalue weighted by molar-refractivity contribution is 7.92. The molecule has 7 nitrogen and oxygen atoms in total. The van der Waals surface area contributed by atoms with Gasteiger partial charge in [-0.3, -0.25) is 13.9 Å². The third-order valence-corrected chi connectivity index (χ3v) is 8.66. The van der Waals surface area contributed by atoms with Crippen molar-refractivity contribution in [2.24, 2.45) is 0 Å². The van der Waals surface area contributed by atoms with Gasteiger partial charge in [-0.05, 0) is 67.6 Å². The second-order valence-corrected chi connectivity index (χ2v) is 12.8. The van der Waals surface area contributed by atoms with Gasteiger partial charge in [-0.15, -0.1) is 0 Å². The summed E-state index contributed by atoms with van der Waals surface area (Å²) >= 11 is 12.4. The molecule has 0 heterocycles. The Hall–Kier alpha value is -3.07. The van der Waals surface area contributed by atoms with E-state index in [1.165, 1.54) is 4.31 Å². The number of carbonyl (C=O) groups is 2. The van der Waals surface area contributed by atoms with E-state index in [2.05, 4.69) is 5.32 Å². The van der Waals surface area contributed by atoms with E-state index in [0.29, 0.717) is 28.7 Å². The fraction of sp³-hybridized carbons (Fsp3) is 0.355. The standard InChI is InChI=1S/C31H37Cl2N3O4S/c1-5-34-31(38)29(20-24-10-7-6-8-11-24)35(21-25-15-16-26(32)27(33)19-25)30(37)12-9-17-36(41(4,39)40)28-18-22(2)13-14-23(28)3/h6-8,10-11,13-16,18-19,29H,5,9,12,17,20-21H2,1-4H3,(H,34,38)/t29-/m1/s1. The van der Waals surface area contributed by atoms with E-state index in [0.717, 1.165) is 28.5 Å². The third-order valence-electron chi connectivity index (χ3n) is 6.74. The summed E-state index contributed by atoms with van der Waals surface area (Å²) in [7, 11) is -3.59. The van der Waals surface area contributed by atoms with Crippen LogP contribution in [0.1, 0.15) is 42.0 Å². The lowest BCUT2D eigenvalue weighted by Gasteiger charge is -2.32. The van der Waals surface area contributed by atoms with Gasteiger partial charge < -0.3 is 10.2 Å². The van der Waals surface area contributed by atoms with Crippen LogP contribution >= 0.6 is 23.2 Å². The molecule has 1 atom stereocenters. The van der Waals surface area contributed by atoms with Gasteiger partial charge in [0.05, 0.1) is 22.0 Å². The van der Waals surface area contributed by atoms with Crippen LogP contribution in [-0.2, 0) is 32.6 Å². The lowest BCUT2D eigenvalue weighted by molar-refractivity contribution is -0.141. The minimum atomic E-state index is -3.59. The summed E-state index contributed by atoms with van der Waals surface area (Å²) in [6, 6.07) is 19.5. The van der Waals surface area contributed by atoms with E-state index in [4.69, 9.17) is 23.2 Å². The molecular weight excluding hydrogens is 581 g/mol. The average molecular weight is 619 g/mol. The van der Waals surface area contributed by atoms with Crippen molar-refractivity contribution >= 4 is 50.7 Å². The highest BCUT2D eigenvalue weighted by Crippen LogP contribution is 2.26. The zero-order valence-electron chi connectivity index (χ0n) is 23.9. The van der Waals surface area contributed by atoms with E-state index in [1.54, 1.807) is 23.1 Å². The molecule has 0 saturated heterocycles. The molecule has 0 saturated carbocycles. The first-order valence-electron chi connectivity index (χ1n) is 13.5. The normalized spacial score (nSPS) is 12.0. The second-order valence-electron chi connectivity index (χ2n) is 10.1. The number of hydrogen-bond acceptors (Lipinski definition) is 4. The van der Waals surface area contributed by atoms with Crippen LogP contribution < -0.4 is 9.62 Å². The van der Waals surface area contributed by atoms with Gasteiger partial charge in [0.25, 0.3) is 0 Å². The number of nitrogens with one attached hydrogen (secondary N) is 1. The number of amides is 2. The molecule has 0 fully saturated rings. The van der Waals surface area contributed by atoms with Crippen molar-refractivity contribution in [3.63, 3.8) is 0 Å². The number of aryl methyl sites for hydroxylation is 2. The minimum Gasteiger partial charge on any atom is -0.355 e. The summed E-state index contributed by atoms with van der Waals surface area (Å²) in [5, 5.41) is 3.61. The molecule has 0 unspecified atom stereocenters. The van der Waals surface area contributed by atoms with Crippen LogP contribution in [0.25, 0.3) is 0 Å². The Morgan fingerprint density at radius 3 is 2.27 bits per heavy atom. The van der Waals surface area contributed by atoms with Crippen molar-refractivity contribution in [3.05, 3.63) is 99.0 Å². The molecule has 0 bridgehead atoms. The molecule has 1 N–H and O–H groups in total. The number of hydrogen-bond donors (Lipinski definition) is 1. The predicted octanol–water partition coefficient (Wildman–Crippen LogP) is 5.93. The van der Waals surface area contributed by atoms with Crippen molar-refractivity contribution in [2.75, 3.05) is 23.7 Å². The summed E-state index contributed by atoms with van der Waals surface area (Å²) in [5.74, 6) is -0.532. The van der Waals surface area contributed by atoms with Gasteiger partial charge in [-0.1, -0.05) is 71.7 Å². The topological polar surface area (TPSA) is 86.8 Å². The van der Waals surface area contributed by atoms with E-state index < -0.39 is 16.1 Å². The molecule has 3 rings (SSSR count). The van der Waals surface area contributed by atoms with Crippen molar-refractivity contribution in [1.29, 1.82) is 0 Å². The Morgan fingerprint density at radius 1 is 0.927 bits per heavy atom. The Morgan fingerprint density at radius 2 is 1.63 bits per heavy atom. The lowest BCUT2D eigenvalue weighted by atomic mass is 10.0. The first-order valence-corrected chi connectivity index (χ1v) is 16.1. The van der Waals surface area contributed by atoms with E-state index in [1.807, 2.05) is 69.3 Å². The van der Waals surface area contributed by atoms with E-state index in [9.17, 15) is 18.0 Å². The Bertz CT molecular complexity index is 1470. The number of halogens is 2. The van der Waals surface area contributed by atoms with Crippen LogP contribution in [0.5, 0.6) is 0 Å². The van der Waals surface area contributed by atoms with E-state index in [-0.39, 0.29) is 37.7 Å². The number of carbonyl (C=O) groups excluding carboxylic acids is 2. The Balaban J connectivity index is 1.90. The molecule has 3 aromatic carbocycles. The molecule has 41 heavy (non-hydrogen) atoms. The first-order chi connectivity index (χ1) is 19.4. The van der Waals surface area contributed by atoms with Crippen LogP contribution in [0.15, 0.2) is 66.7 Å². The number of sulfonamides is 1. The van der Waals surface area contributed by atoms with Crippen LogP contribution in [0, 0.1) is 13.8 Å². The summed E-state index contributed by atoms with van der Waals surface area (Å²) in [5.41, 5.74) is 4.00. The van der Waals surface area contributed by atoms with Gasteiger partial charge in [0.1, 0.15) is 6.04 Å². The monoisotopic (exact) mass is 617 g/mol. The molecule has 0 aromatic heterocycles. The quantitative estimate of drug-likeness (QED) is 0.257. The van der Waals surface area contributed by atoms with Crippen molar-refractivity contribution in [3.8, 4) is 0 Å². The maximum Gasteiger partial charge on any atom is 0.243 e. The van der Waals surface area contributed by atoms with Crippen LogP contribution in [0.3, 0.4) is 0 Å². The predicted molar refractivity (Wildman–Crippen MR) is 167 cm³/mol. The number of anilines is 1. The summed E-state index contributed by atoms with van der Waals surface area (Å²) in [6.07, 6.45) is 1.79. The lowest BCUT2D eigenvalue weighted by Crippen LogP contribution is -2.50. The van der Waals surface area contributed by atoms with Gasteiger partial charge in [-0.2, -0.15) is 0 Å². The van der Waals surface area contributed by atoms with Crippen molar-refractivity contribution in [2.45, 2.75) is 52.6 Å². The molecule has 0 radical (unpaired) electrons. The molecule has 0 aliphatic carbocycles. The van der Waals surface area contributed by atoms with Crippen LogP contribution in [0.2, 0.25) is 10.0 Å². The molecule has 0 spiro atoms. The second kappa shape index (κ2) is 14.7. The minimum absolute atomic E-state index is 0.0445. The van der Waals surface area contributed by atoms with E-state index >= 15 is 0 Å². The average Bonchev–Trinajstić information content (AvgIpc) is 2.92. The maximum absolute atomic E-state index is 13.8. The van der Waals surface area contributed by atoms with Crippen LogP contribution in [-0.4, -0.2) is 50.5 Å². The largest absolute Gasteiger partial charge is 0.355 e. The number of nitrogens with zero attached hydrogens (tertiary/aromatic N) is 2. The summed E-state index contributed by atoms with van der Waals surface area (Å²) in [6.45, 7) is 6.27. The molecule has 2 amide bonds. The number of likely N-dealkylation sites (N-methyl/N-ethyl adjacent to an activating group) is 1. The highest BCUT2D eigenvalue weighted by Gasteiger charge is 2.30. The van der Waals surface area contributed by atoms with Gasteiger partial charge in [-0.25, -0.2) is 8.42 Å². The number of rotatable bonds is 13. The van der Waals surface area contributed by atoms with Gasteiger partial charge in [0.15, 0.2) is 0 Å². The SMILES string of the molecule is CCNC(=O)[C@@H](Cc1ccccc1)N(Cc1ccc(Cl)c(Cl)c1)C(=O)CCCN(c1cc(C)ccc1C)S(C)(=O)=O. The van der Waals surface area contributed by atoms with Crippen LogP contribution in [0.4, 0.5) is 5.69 Å². The molecule has 10 heteroatoms. The highest BCUT2D eigenvalue weighted by atomic mass is 35.5. The number of benzene rings is 3. The van der Waals surface area contributed by atoms with Gasteiger partial charge in [0, 0.05) is 32.5 Å². The first kappa shape index (κ1) is 32.4. The van der Waals surface area contributed by atoms with Gasteiger partial charge in [0.2, 0.25) is 21.8 Å². The molecular formula is C31H37Cl2N3O4S. The fourth-order valence-electron chi connectivity index (χ4n) is 4.65. The summed E-state index contributed by atoms with van der Waals surface area (Å²) in [4.78, 5) is 28.7. The Labute approximate surface area is 253 Å². The maximum atomic E-state index is 13.8.